The Morgan fingerprint density at radius 2 is 1.67 bits per heavy atom. The fraction of sp³-hybridized carbons (Fsp3) is 0.105. The molecule has 0 fully saturated rings. The van der Waals surface area contributed by atoms with Gasteiger partial charge in [-0.1, -0.05) is 17.7 Å². The summed E-state index contributed by atoms with van der Waals surface area (Å²) in [6.07, 6.45) is 3.49. The molecular weight excluding hydrogens is 326 g/mol. The van der Waals surface area contributed by atoms with Crippen molar-refractivity contribution in [3.05, 3.63) is 71.0 Å². The van der Waals surface area contributed by atoms with E-state index in [0.717, 1.165) is 11.1 Å². The highest BCUT2D eigenvalue weighted by Crippen LogP contribution is 2.34. The molecular formula is C19H16ClNO3. The van der Waals surface area contributed by atoms with E-state index in [1.165, 1.54) is 0 Å². The number of hydrogen-bond acceptors (Lipinski definition) is 3. The fourth-order valence-corrected chi connectivity index (χ4v) is 2.68. The lowest BCUT2D eigenvalue weighted by Crippen LogP contribution is -2.01. The van der Waals surface area contributed by atoms with Gasteiger partial charge in [-0.15, -0.1) is 0 Å². The topological polar surface area (TPSA) is 51.3 Å². The van der Waals surface area contributed by atoms with Crippen molar-refractivity contribution < 1.29 is 14.3 Å². The summed E-state index contributed by atoms with van der Waals surface area (Å²) in [5.74, 6) is 1.18. The number of hydrogen-bond donors (Lipinski definition) is 1. The van der Waals surface area contributed by atoms with Gasteiger partial charge in [-0.05, 0) is 42.0 Å². The van der Waals surface area contributed by atoms with Gasteiger partial charge in [-0.2, -0.15) is 0 Å². The third-order valence-corrected chi connectivity index (χ3v) is 4.04. The summed E-state index contributed by atoms with van der Waals surface area (Å²) in [5.41, 5.74) is 2.84. The largest absolute Gasteiger partial charge is 0.493 e. The molecule has 3 rings (SSSR count). The van der Waals surface area contributed by atoms with Crippen molar-refractivity contribution in [1.29, 1.82) is 0 Å². The maximum atomic E-state index is 12.8. The van der Waals surface area contributed by atoms with Gasteiger partial charge >= 0.3 is 0 Å². The molecule has 2 aromatic carbocycles. The van der Waals surface area contributed by atoms with Crippen molar-refractivity contribution in [2.45, 2.75) is 0 Å². The van der Waals surface area contributed by atoms with Crippen LogP contribution in [0.2, 0.25) is 5.02 Å². The Hall–Kier alpha value is -2.72. The van der Waals surface area contributed by atoms with Crippen LogP contribution >= 0.6 is 11.6 Å². The molecule has 0 radical (unpaired) electrons. The third-order valence-electron chi connectivity index (χ3n) is 3.79. The van der Waals surface area contributed by atoms with Crippen LogP contribution in [-0.4, -0.2) is 25.0 Å². The molecule has 0 unspecified atom stereocenters. The van der Waals surface area contributed by atoms with Crippen LogP contribution in [0.4, 0.5) is 0 Å². The number of carbonyl (C=O) groups is 1. The average Bonchev–Trinajstić information content (AvgIpc) is 3.10. The monoisotopic (exact) mass is 341 g/mol. The maximum absolute atomic E-state index is 12.8. The van der Waals surface area contributed by atoms with E-state index in [0.29, 0.717) is 27.6 Å². The molecule has 0 saturated carbocycles. The first-order valence-corrected chi connectivity index (χ1v) is 7.71. The number of aromatic nitrogens is 1. The van der Waals surface area contributed by atoms with E-state index in [2.05, 4.69) is 4.98 Å². The van der Waals surface area contributed by atoms with E-state index in [4.69, 9.17) is 21.1 Å². The normalized spacial score (nSPS) is 10.5. The summed E-state index contributed by atoms with van der Waals surface area (Å²) in [4.78, 5) is 15.8. The number of aromatic amines is 1. The molecule has 1 heterocycles. The minimum Gasteiger partial charge on any atom is -0.493 e. The number of halogens is 1. The van der Waals surface area contributed by atoms with E-state index < -0.39 is 0 Å². The minimum absolute atomic E-state index is 0.0716. The lowest BCUT2D eigenvalue weighted by Gasteiger charge is -2.10. The van der Waals surface area contributed by atoms with Crippen LogP contribution in [0.3, 0.4) is 0 Å². The molecule has 5 heteroatoms. The molecule has 1 aromatic heterocycles. The lowest BCUT2D eigenvalue weighted by atomic mass is 9.98. The van der Waals surface area contributed by atoms with Crippen LogP contribution in [0.5, 0.6) is 11.5 Å². The second-order valence-corrected chi connectivity index (χ2v) is 5.62. The number of carbonyl (C=O) groups excluding carboxylic acids is 1. The van der Waals surface area contributed by atoms with Crippen LogP contribution in [-0.2, 0) is 0 Å². The molecule has 0 aliphatic heterocycles. The molecule has 0 amide bonds. The van der Waals surface area contributed by atoms with Crippen LogP contribution in [0.25, 0.3) is 11.1 Å². The molecule has 3 aromatic rings. The molecule has 24 heavy (non-hydrogen) atoms. The summed E-state index contributed by atoms with van der Waals surface area (Å²) < 4.78 is 10.6. The van der Waals surface area contributed by atoms with Gasteiger partial charge in [0.15, 0.2) is 17.3 Å². The Morgan fingerprint density at radius 1 is 0.958 bits per heavy atom. The molecule has 0 atom stereocenters. The highest BCUT2D eigenvalue weighted by atomic mass is 35.5. The van der Waals surface area contributed by atoms with E-state index >= 15 is 0 Å². The Bertz CT molecular complexity index is 869. The zero-order chi connectivity index (χ0) is 17.1. The van der Waals surface area contributed by atoms with Gasteiger partial charge in [0.25, 0.3) is 0 Å². The van der Waals surface area contributed by atoms with Crippen molar-refractivity contribution >= 4 is 17.4 Å². The van der Waals surface area contributed by atoms with E-state index in [1.807, 2.05) is 18.2 Å². The average molecular weight is 342 g/mol. The first-order chi connectivity index (χ1) is 11.6. The third kappa shape index (κ3) is 3.01. The Balaban J connectivity index is 2.01. The predicted octanol–water partition coefficient (Wildman–Crippen LogP) is 4.58. The standard InChI is InChI=1S/C19H16ClNO3/c1-23-17-8-5-13(9-18(17)24-2)15-10-21-11-16(15)19(22)12-3-6-14(20)7-4-12/h3-11,21H,1-2H3. The zero-order valence-corrected chi connectivity index (χ0v) is 14.1. The lowest BCUT2D eigenvalue weighted by molar-refractivity contribution is 0.103. The first-order valence-electron chi connectivity index (χ1n) is 7.33. The van der Waals surface area contributed by atoms with Gasteiger partial charge in [-0.25, -0.2) is 0 Å². The molecule has 0 aliphatic carbocycles. The van der Waals surface area contributed by atoms with Crippen molar-refractivity contribution in [2.24, 2.45) is 0 Å². The van der Waals surface area contributed by atoms with Gasteiger partial charge in [-0.3, -0.25) is 4.79 Å². The number of ketones is 1. The first kappa shape index (κ1) is 16.1. The Labute approximate surface area is 145 Å². The molecule has 0 aliphatic rings. The fourth-order valence-electron chi connectivity index (χ4n) is 2.55. The quantitative estimate of drug-likeness (QED) is 0.691. The van der Waals surface area contributed by atoms with Gasteiger partial charge < -0.3 is 14.5 Å². The number of nitrogens with one attached hydrogen (secondary N) is 1. The smallest absolute Gasteiger partial charge is 0.195 e. The predicted molar refractivity (Wildman–Crippen MR) is 94.2 cm³/mol. The summed E-state index contributed by atoms with van der Waals surface area (Å²) in [6, 6.07) is 12.4. The Kier molecular flexibility index (Phi) is 4.58. The van der Waals surface area contributed by atoms with Crippen LogP contribution in [0.15, 0.2) is 54.9 Å². The van der Waals surface area contributed by atoms with Crippen molar-refractivity contribution in [2.75, 3.05) is 14.2 Å². The van der Waals surface area contributed by atoms with Crippen LogP contribution in [0, 0.1) is 0 Å². The second-order valence-electron chi connectivity index (χ2n) is 5.19. The Morgan fingerprint density at radius 3 is 2.33 bits per heavy atom. The second kappa shape index (κ2) is 6.81. The number of benzene rings is 2. The number of rotatable bonds is 5. The van der Waals surface area contributed by atoms with Crippen LogP contribution in [0.1, 0.15) is 15.9 Å². The SMILES string of the molecule is COc1ccc(-c2c[nH]cc2C(=O)c2ccc(Cl)cc2)cc1OC. The minimum atomic E-state index is -0.0716. The van der Waals surface area contributed by atoms with Crippen molar-refractivity contribution in [3.63, 3.8) is 0 Å². The van der Waals surface area contributed by atoms with Gasteiger partial charge in [0.1, 0.15) is 0 Å². The molecule has 0 saturated heterocycles. The molecule has 0 spiro atoms. The summed E-state index contributed by atoms with van der Waals surface area (Å²) in [7, 11) is 3.17. The maximum Gasteiger partial charge on any atom is 0.195 e. The van der Waals surface area contributed by atoms with Gasteiger partial charge in [0, 0.05) is 34.1 Å². The number of H-pyrrole nitrogens is 1. The molecule has 122 valence electrons. The zero-order valence-electron chi connectivity index (χ0n) is 13.3. The van der Waals surface area contributed by atoms with Crippen molar-refractivity contribution in [3.8, 4) is 22.6 Å². The highest BCUT2D eigenvalue weighted by molar-refractivity contribution is 6.30. The van der Waals surface area contributed by atoms with Crippen molar-refractivity contribution in [1.82, 2.24) is 4.98 Å². The number of ether oxygens (including phenoxy) is 2. The molecule has 4 nitrogen and oxygen atoms in total. The van der Waals surface area contributed by atoms with E-state index in [1.54, 1.807) is 50.9 Å². The summed E-state index contributed by atoms with van der Waals surface area (Å²) in [5, 5.41) is 0.598. The number of methoxy groups -OCH3 is 2. The van der Waals surface area contributed by atoms with Gasteiger partial charge in [0.2, 0.25) is 0 Å². The van der Waals surface area contributed by atoms with Gasteiger partial charge in [0.05, 0.1) is 14.2 Å². The molecule has 1 N–H and O–H groups in total. The summed E-state index contributed by atoms with van der Waals surface area (Å²) >= 11 is 5.89. The van der Waals surface area contributed by atoms with E-state index in [-0.39, 0.29) is 5.78 Å². The van der Waals surface area contributed by atoms with E-state index in [9.17, 15) is 4.79 Å². The summed E-state index contributed by atoms with van der Waals surface area (Å²) in [6.45, 7) is 0. The molecule has 0 bridgehead atoms. The highest BCUT2D eigenvalue weighted by Gasteiger charge is 2.17. The van der Waals surface area contributed by atoms with Crippen LogP contribution < -0.4 is 9.47 Å².